The topological polar surface area (TPSA) is 68.3 Å². The van der Waals surface area contributed by atoms with Gasteiger partial charge in [0, 0.05) is 11.1 Å². The highest BCUT2D eigenvalue weighted by Gasteiger charge is 2.20. The lowest BCUT2D eigenvalue weighted by atomic mass is 10.0. The fourth-order valence-electron chi connectivity index (χ4n) is 3.28. The predicted octanol–water partition coefficient (Wildman–Crippen LogP) is 4.14. The van der Waals surface area contributed by atoms with E-state index in [2.05, 4.69) is 10.3 Å². The second-order valence-corrected chi connectivity index (χ2v) is 6.71. The number of rotatable bonds is 6. The van der Waals surface area contributed by atoms with Gasteiger partial charge in [0.25, 0.3) is 5.91 Å². The molecule has 0 spiro atoms. The molecule has 144 valence electrons. The molecule has 0 aliphatic rings. The smallest absolute Gasteiger partial charge is 0.339 e. The number of aryl methyl sites for hydroxylation is 1. The van der Waals surface area contributed by atoms with Crippen molar-refractivity contribution < 1.29 is 14.3 Å². The number of para-hydroxylation sites is 1. The molecular formula is C23H24N2O3. The Morgan fingerprint density at radius 3 is 2.46 bits per heavy atom. The van der Waals surface area contributed by atoms with Crippen molar-refractivity contribution in [1.29, 1.82) is 0 Å². The molecule has 0 bridgehead atoms. The van der Waals surface area contributed by atoms with Gasteiger partial charge in [-0.05, 0) is 37.5 Å². The number of fused-ring (bicyclic) bond motifs is 1. The number of carbonyl (C=O) groups is 2. The van der Waals surface area contributed by atoms with Crippen LogP contribution in [0.3, 0.4) is 0 Å². The molecule has 0 aliphatic carbocycles. The molecule has 0 saturated carbocycles. The van der Waals surface area contributed by atoms with Gasteiger partial charge in [-0.25, -0.2) is 4.79 Å². The van der Waals surface area contributed by atoms with Crippen molar-refractivity contribution in [3.8, 4) is 0 Å². The van der Waals surface area contributed by atoms with Crippen LogP contribution in [0.25, 0.3) is 10.9 Å². The van der Waals surface area contributed by atoms with Crippen LogP contribution in [0.1, 0.15) is 47.1 Å². The third kappa shape index (κ3) is 4.19. The number of carbonyl (C=O) groups excluding carboxylic acids is 2. The molecule has 5 heteroatoms. The van der Waals surface area contributed by atoms with Crippen LogP contribution < -0.4 is 5.32 Å². The van der Waals surface area contributed by atoms with E-state index in [-0.39, 0.29) is 18.6 Å². The zero-order valence-corrected chi connectivity index (χ0v) is 16.4. The van der Waals surface area contributed by atoms with E-state index in [1.54, 1.807) is 0 Å². The minimum absolute atomic E-state index is 0.164. The molecule has 0 aliphatic heterocycles. The van der Waals surface area contributed by atoms with Gasteiger partial charge in [0.1, 0.15) is 0 Å². The summed E-state index contributed by atoms with van der Waals surface area (Å²) in [6.07, 6.45) is 0.714. The number of amides is 1. The summed E-state index contributed by atoms with van der Waals surface area (Å²) in [5.41, 5.74) is 3.87. The monoisotopic (exact) mass is 376 g/mol. The molecular weight excluding hydrogens is 352 g/mol. The maximum Gasteiger partial charge on any atom is 0.339 e. The number of benzene rings is 2. The normalized spacial score (nSPS) is 11.8. The predicted molar refractivity (Wildman–Crippen MR) is 109 cm³/mol. The average Bonchev–Trinajstić information content (AvgIpc) is 2.72. The summed E-state index contributed by atoms with van der Waals surface area (Å²) in [4.78, 5) is 29.6. The van der Waals surface area contributed by atoms with Gasteiger partial charge in [-0.2, -0.15) is 0 Å². The van der Waals surface area contributed by atoms with Crippen LogP contribution in [-0.2, 0) is 16.0 Å². The second kappa shape index (κ2) is 8.65. The average molecular weight is 376 g/mol. The largest absolute Gasteiger partial charge is 0.452 e. The van der Waals surface area contributed by atoms with E-state index >= 15 is 0 Å². The molecule has 1 amide bonds. The highest BCUT2D eigenvalue weighted by atomic mass is 16.5. The van der Waals surface area contributed by atoms with Crippen LogP contribution in [0, 0.1) is 6.92 Å². The summed E-state index contributed by atoms with van der Waals surface area (Å²) in [6.45, 7) is 5.43. The maximum atomic E-state index is 12.8. The Bertz CT molecular complexity index is 999. The van der Waals surface area contributed by atoms with Gasteiger partial charge in [-0.15, -0.1) is 0 Å². The molecule has 5 nitrogen and oxygen atoms in total. The molecule has 0 radical (unpaired) electrons. The van der Waals surface area contributed by atoms with Crippen LogP contribution in [-0.4, -0.2) is 23.5 Å². The standard InChI is InChI=1S/C23H24N2O3/c1-4-19-15(2)22(18-12-8-9-13-20(18)25-19)23(27)28-14-21(26)24-16(3)17-10-6-5-7-11-17/h5-13,16H,4,14H2,1-3H3,(H,24,26). The first-order valence-electron chi connectivity index (χ1n) is 9.41. The third-order valence-corrected chi connectivity index (χ3v) is 4.79. The van der Waals surface area contributed by atoms with Gasteiger partial charge >= 0.3 is 5.97 Å². The molecule has 2 aromatic carbocycles. The first kappa shape index (κ1) is 19.5. The van der Waals surface area contributed by atoms with Crippen molar-refractivity contribution in [2.24, 2.45) is 0 Å². The van der Waals surface area contributed by atoms with Crippen molar-refractivity contribution in [2.75, 3.05) is 6.61 Å². The number of esters is 1. The van der Waals surface area contributed by atoms with Crippen molar-refractivity contribution in [2.45, 2.75) is 33.2 Å². The SMILES string of the molecule is CCc1nc2ccccc2c(C(=O)OCC(=O)NC(C)c2ccccc2)c1C. The van der Waals surface area contributed by atoms with Crippen molar-refractivity contribution in [3.05, 3.63) is 77.0 Å². The highest BCUT2D eigenvalue weighted by molar-refractivity contribution is 6.05. The Morgan fingerprint density at radius 1 is 1.07 bits per heavy atom. The van der Waals surface area contributed by atoms with Crippen LogP contribution in [0.2, 0.25) is 0 Å². The van der Waals surface area contributed by atoms with E-state index < -0.39 is 5.97 Å². The Hall–Kier alpha value is -3.21. The maximum absolute atomic E-state index is 12.8. The summed E-state index contributed by atoms with van der Waals surface area (Å²) in [5, 5.41) is 3.59. The minimum atomic E-state index is -0.506. The molecule has 28 heavy (non-hydrogen) atoms. The number of ether oxygens (including phenoxy) is 1. The number of aromatic nitrogens is 1. The van der Waals surface area contributed by atoms with Gasteiger partial charge in [0.2, 0.25) is 0 Å². The molecule has 1 N–H and O–H groups in total. The fraction of sp³-hybridized carbons (Fsp3) is 0.261. The van der Waals surface area contributed by atoms with E-state index in [0.29, 0.717) is 12.0 Å². The minimum Gasteiger partial charge on any atom is -0.452 e. The highest BCUT2D eigenvalue weighted by Crippen LogP contribution is 2.24. The molecule has 1 heterocycles. The van der Waals surface area contributed by atoms with Crippen molar-refractivity contribution >= 4 is 22.8 Å². The summed E-state index contributed by atoms with van der Waals surface area (Å²) in [7, 11) is 0. The van der Waals surface area contributed by atoms with Gasteiger partial charge in [-0.1, -0.05) is 55.5 Å². The van der Waals surface area contributed by atoms with Crippen molar-refractivity contribution in [3.63, 3.8) is 0 Å². The first-order valence-corrected chi connectivity index (χ1v) is 9.41. The molecule has 1 aromatic heterocycles. The van der Waals surface area contributed by atoms with E-state index in [1.807, 2.05) is 75.4 Å². The van der Waals surface area contributed by atoms with Crippen molar-refractivity contribution in [1.82, 2.24) is 10.3 Å². The zero-order valence-electron chi connectivity index (χ0n) is 16.4. The van der Waals surface area contributed by atoms with Crippen LogP contribution in [0.15, 0.2) is 54.6 Å². The molecule has 3 aromatic rings. The van der Waals surface area contributed by atoms with Crippen LogP contribution >= 0.6 is 0 Å². The van der Waals surface area contributed by atoms with E-state index in [4.69, 9.17) is 4.74 Å². The molecule has 1 unspecified atom stereocenters. The zero-order chi connectivity index (χ0) is 20.1. The van der Waals surface area contributed by atoms with Gasteiger partial charge in [-0.3, -0.25) is 9.78 Å². The Kier molecular flexibility index (Phi) is 6.04. The lowest BCUT2D eigenvalue weighted by molar-refractivity contribution is -0.124. The third-order valence-electron chi connectivity index (χ3n) is 4.79. The van der Waals surface area contributed by atoms with Gasteiger partial charge in [0.05, 0.1) is 17.1 Å². The summed E-state index contributed by atoms with van der Waals surface area (Å²) in [5.74, 6) is -0.843. The Balaban J connectivity index is 1.73. The Morgan fingerprint density at radius 2 is 1.75 bits per heavy atom. The number of nitrogens with zero attached hydrogens (tertiary/aromatic N) is 1. The lowest BCUT2D eigenvalue weighted by Crippen LogP contribution is -2.31. The van der Waals surface area contributed by atoms with Crippen LogP contribution in [0.5, 0.6) is 0 Å². The van der Waals surface area contributed by atoms with E-state index in [1.165, 1.54) is 0 Å². The first-order chi connectivity index (χ1) is 13.5. The number of pyridine rings is 1. The number of nitrogens with one attached hydrogen (secondary N) is 1. The lowest BCUT2D eigenvalue weighted by Gasteiger charge is -2.15. The van der Waals surface area contributed by atoms with Gasteiger partial charge < -0.3 is 10.1 Å². The van der Waals surface area contributed by atoms with E-state index in [0.717, 1.165) is 27.7 Å². The quantitative estimate of drug-likeness (QED) is 0.657. The summed E-state index contributed by atoms with van der Waals surface area (Å²) >= 11 is 0. The molecule has 3 rings (SSSR count). The molecule has 1 atom stereocenters. The number of hydrogen-bond acceptors (Lipinski definition) is 4. The molecule has 0 saturated heterocycles. The van der Waals surface area contributed by atoms with Gasteiger partial charge in [0.15, 0.2) is 6.61 Å². The van der Waals surface area contributed by atoms with Crippen LogP contribution in [0.4, 0.5) is 0 Å². The summed E-state index contributed by atoms with van der Waals surface area (Å²) < 4.78 is 5.34. The Labute approximate surface area is 164 Å². The summed E-state index contributed by atoms with van der Waals surface area (Å²) in [6, 6.07) is 16.9. The molecule has 0 fully saturated rings. The fourth-order valence-corrected chi connectivity index (χ4v) is 3.28. The number of hydrogen-bond donors (Lipinski definition) is 1. The van der Waals surface area contributed by atoms with E-state index in [9.17, 15) is 9.59 Å². The second-order valence-electron chi connectivity index (χ2n) is 6.71.